The van der Waals surface area contributed by atoms with Crippen LogP contribution in [0.3, 0.4) is 0 Å². The van der Waals surface area contributed by atoms with Gasteiger partial charge in [0, 0.05) is 19.3 Å². The summed E-state index contributed by atoms with van der Waals surface area (Å²) >= 11 is 0. The number of hydrogen-bond acceptors (Lipinski definition) is 18. The van der Waals surface area contributed by atoms with Crippen molar-refractivity contribution in [3.63, 3.8) is 0 Å². The minimum absolute atomic E-state index is 0.0622. The number of unbranched alkanes of at least 4 members (excludes halogenated alkanes) is 18. The highest BCUT2D eigenvalue weighted by atomic mass is 16.9. The van der Waals surface area contributed by atoms with Gasteiger partial charge in [0.15, 0.2) is 0 Å². The lowest BCUT2D eigenvalue weighted by Gasteiger charge is -2.30. The van der Waals surface area contributed by atoms with Gasteiger partial charge in [-0.05, 0) is 164 Å². The van der Waals surface area contributed by atoms with Gasteiger partial charge in [-0.2, -0.15) is 15.8 Å². The van der Waals surface area contributed by atoms with Gasteiger partial charge in [-0.1, -0.05) is 159 Å². The third-order valence-electron chi connectivity index (χ3n) is 16.1. The summed E-state index contributed by atoms with van der Waals surface area (Å²) in [6.45, 7) is 14.9. The smallest absolute Gasteiger partial charge is 0.423 e. The number of esters is 6. The predicted octanol–water partition coefficient (Wildman–Crippen LogP) is 17.8. The van der Waals surface area contributed by atoms with Crippen molar-refractivity contribution in [1.29, 1.82) is 15.8 Å². The van der Waals surface area contributed by atoms with Crippen molar-refractivity contribution in [3.8, 4) is 52.7 Å². The number of carbonyl (C=O) groups is 6. The van der Waals surface area contributed by atoms with Gasteiger partial charge in [-0.3, -0.25) is 14.4 Å². The second kappa shape index (κ2) is 43.4. The number of benzene rings is 6. The van der Waals surface area contributed by atoms with Gasteiger partial charge in [0.1, 0.15) is 34.5 Å². The molecule has 6 aromatic carbocycles. The lowest BCUT2D eigenvalue weighted by atomic mass is 10.1. The van der Waals surface area contributed by atoms with Crippen molar-refractivity contribution in [2.45, 2.75) is 173 Å². The molecule has 0 spiro atoms. The Balaban J connectivity index is 0.846. The van der Waals surface area contributed by atoms with E-state index >= 15 is 0 Å². The first kappa shape index (κ1) is 77.2. The van der Waals surface area contributed by atoms with Crippen molar-refractivity contribution in [1.82, 2.24) is 0 Å². The van der Waals surface area contributed by atoms with Gasteiger partial charge in [-0.15, -0.1) is 0 Å². The van der Waals surface area contributed by atoms with Gasteiger partial charge in [0.25, 0.3) is 0 Å². The van der Waals surface area contributed by atoms with Crippen molar-refractivity contribution < 1.29 is 71.4 Å². The molecule has 518 valence electrons. The van der Waals surface area contributed by atoms with E-state index in [1.54, 1.807) is 153 Å². The van der Waals surface area contributed by atoms with Crippen LogP contribution in [-0.4, -0.2) is 61.6 Å². The summed E-state index contributed by atoms with van der Waals surface area (Å²) in [7, 11) is 0. The predicted molar refractivity (Wildman–Crippen MR) is 375 cm³/mol. The zero-order chi connectivity index (χ0) is 70.9. The molecule has 99 heavy (non-hydrogen) atoms. The van der Waals surface area contributed by atoms with Crippen LogP contribution >= 0.6 is 0 Å². The van der Waals surface area contributed by atoms with Crippen LogP contribution in [0.5, 0.6) is 34.5 Å². The first-order valence-corrected chi connectivity index (χ1v) is 34.2. The third kappa shape index (κ3) is 28.8. The minimum atomic E-state index is -2.17. The molecule has 0 unspecified atom stereocenters. The molecule has 6 aromatic rings. The van der Waals surface area contributed by atoms with E-state index in [0.717, 1.165) is 116 Å². The molecular weight excluding hydrogens is 1250 g/mol. The summed E-state index contributed by atoms with van der Waals surface area (Å²) in [4.78, 5) is 78.1. The molecule has 6 rings (SSSR count). The normalized spacial score (nSPS) is 10.7. The van der Waals surface area contributed by atoms with Crippen LogP contribution in [-0.2, 0) is 43.0 Å². The minimum Gasteiger partial charge on any atom is -0.494 e. The van der Waals surface area contributed by atoms with Crippen LogP contribution in [0.15, 0.2) is 165 Å². The second-order valence-corrected chi connectivity index (χ2v) is 23.8. The third-order valence-corrected chi connectivity index (χ3v) is 16.1. The molecule has 0 heterocycles. The van der Waals surface area contributed by atoms with E-state index in [1.165, 1.54) is 0 Å². The second-order valence-electron chi connectivity index (χ2n) is 23.8. The Labute approximate surface area is 581 Å². The summed E-state index contributed by atoms with van der Waals surface area (Å²) in [5, 5.41) is 27.0. The fourth-order valence-electron chi connectivity index (χ4n) is 10.2. The number of hydrogen-bond donors (Lipinski definition) is 0. The van der Waals surface area contributed by atoms with E-state index in [0.29, 0.717) is 107 Å². The molecule has 0 saturated carbocycles. The van der Waals surface area contributed by atoms with E-state index in [2.05, 4.69) is 19.7 Å². The Bertz CT molecular complexity index is 3330. The maximum atomic E-state index is 13.4. The Morgan fingerprint density at radius 3 is 0.747 bits per heavy atom. The molecule has 18 heteroatoms. The fourth-order valence-corrected chi connectivity index (χ4v) is 10.2. The summed E-state index contributed by atoms with van der Waals surface area (Å²) in [6.07, 6.45) is 18.0. The lowest BCUT2D eigenvalue weighted by molar-refractivity contribution is -0.331. The Kier molecular flexibility index (Phi) is 33.9. The quantitative estimate of drug-likeness (QED) is 0.0113. The molecule has 0 aliphatic heterocycles. The molecule has 0 aliphatic carbocycles. The van der Waals surface area contributed by atoms with Gasteiger partial charge in [-0.25, -0.2) is 14.4 Å². The molecule has 0 aromatic heterocycles. The van der Waals surface area contributed by atoms with Gasteiger partial charge in [0.2, 0.25) is 0 Å². The number of nitrogens with zero attached hydrogens (tertiary/aromatic N) is 3. The van der Waals surface area contributed by atoms with Crippen LogP contribution in [0.25, 0.3) is 16.7 Å². The molecule has 18 nitrogen and oxygen atoms in total. The molecule has 0 fully saturated rings. The Morgan fingerprint density at radius 1 is 0.313 bits per heavy atom. The first-order chi connectivity index (χ1) is 48.1. The van der Waals surface area contributed by atoms with Crippen molar-refractivity contribution in [3.05, 3.63) is 199 Å². The molecule has 0 aliphatic rings. The maximum Gasteiger partial charge on any atom is 0.423 e. The van der Waals surface area contributed by atoms with Crippen LogP contribution < -0.4 is 28.4 Å². The van der Waals surface area contributed by atoms with Gasteiger partial charge in [0.05, 0.1) is 77.9 Å². The standard InChI is InChI=1S/C81H89N3O15/c1-5-81(97-75(85)27-21-15-9-6-12-18-24-54-91-69-48-36-66(37-49-69)60(2)78(88)94-72-42-30-63(57-82)31-43-72,98-76(86)28-22-16-10-7-13-19-25-55-92-70-50-38-67(39-51-70)61(3)79(89)95-73-44-32-64(58-83)33-45-73)99-77(87)29-23-17-11-8-14-20-26-56-93-71-52-40-68(41-53-71)62(4)80(90)96-74-46-34-65(59-84)35-47-74/h30-53H,2-29,54-56H2,1H3. The van der Waals surface area contributed by atoms with Gasteiger partial charge >= 0.3 is 41.8 Å². The summed E-state index contributed by atoms with van der Waals surface area (Å²) in [6, 6.07) is 46.0. The summed E-state index contributed by atoms with van der Waals surface area (Å²) in [5.74, 6) is -2.84. The number of ether oxygens (including phenoxy) is 9. The average Bonchev–Trinajstić information content (AvgIpc) is 0.953. The first-order valence-electron chi connectivity index (χ1n) is 34.2. The van der Waals surface area contributed by atoms with E-state index in [-0.39, 0.29) is 42.4 Å². The monoisotopic (exact) mass is 1340 g/mol. The fraction of sp³-hybridized carbons (Fsp3) is 0.370. The molecule has 0 N–H and O–H groups in total. The highest BCUT2D eigenvalue weighted by molar-refractivity contribution is 6.17. The van der Waals surface area contributed by atoms with Crippen molar-refractivity contribution in [2.75, 3.05) is 19.8 Å². The molecule has 0 atom stereocenters. The lowest BCUT2D eigenvalue weighted by Crippen LogP contribution is -2.44. The number of carbonyl (C=O) groups excluding carboxylic acids is 6. The van der Waals surface area contributed by atoms with Crippen LogP contribution in [0.2, 0.25) is 0 Å². The van der Waals surface area contributed by atoms with Crippen LogP contribution in [0.1, 0.15) is 201 Å². The molecule has 0 radical (unpaired) electrons. The van der Waals surface area contributed by atoms with Gasteiger partial charge < -0.3 is 42.6 Å². The zero-order valence-electron chi connectivity index (χ0n) is 56.7. The van der Waals surface area contributed by atoms with Crippen LogP contribution in [0, 0.1) is 34.0 Å². The van der Waals surface area contributed by atoms with Crippen LogP contribution in [0.4, 0.5) is 0 Å². The Hall–Kier alpha value is -10.8. The average molecular weight is 1340 g/mol. The van der Waals surface area contributed by atoms with E-state index < -0.39 is 41.8 Å². The largest absolute Gasteiger partial charge is 0.494 e. The summed E-state index contributed by atoms with van der Waals surface area (Å²) in [5.41, 5.74) is 3.77. The van der Waals surface area contributed by atoms with E-state index in [9.17, 15) is 28.8 Å². The molecule has 0 bridgehead atoms. The molecular formula is C81H89N3O15. The zero-order valence-corrected chi connectivity index (χ0v) is 56.7. The number of nitriles is 3. The highest BCUT2D eigenvalue weighted by Gasteiger charge is 2.41. The summed E-state index contributed by atoms with van der Waals surface area (Å²) < 4.78 is 51.3. The van der Waals surface area contributed by atoms with E-state index in [4.69, 9.17) is 58.4 Å². The topological polar surface area (TPSA) is 257 Å². The van der Waals surface area contributed by atoms with E-state index in [1.807, 2.05) is 18.2 Å². The van der Waals surface area contributed by atoms with Crippen molar-refractivity contribution in [2.24, 2.45) is 0 Å². The highest BCUT2D eigenvalue weighted by Crippen LogP contribution is 2.28. The number of rotatable bonds is 46. The SMILES string of the molecule is C=C(C(=O)Oc1ccc(C#N)cc1)c1ccc(OCCCCCCCCCC(=O)OC(CC)(OC(=O)CCCCCCCCCOc2ccc(C(=C)C(=O)Oc3ccc(C#N)cc3)cc2)OC(=O)CCCCCCCCCOc2ccc(C(=C)C(=O)Oc3ccc(C#N)cc3)cc2)cc1. The van der Waals surface area contributed by atoms with Crippen molar-refractivity contribution >= 4 is 52.5 Å². The maximum absolute atomic E-state index is 13.4. The molecule has 0 amide bonds. The Morgan fingerprint density at radius 2 is 0.525 bits per heavy atom. The molecule has 0 saturated heterocycles.